The monoisotopic (exact) mass is 264 g/mol. The molecule has 0 aliphatic carbocycles. The van der Waals surface area contributed by atoms with Gasteiger partial charge >= 0.3 is 0 Å². The van der Waals surface area contributed by atoms with Gasteiger partial charge in [0.1, 0.15) is 18.4 Å². The van der Waals surface area contributed by atoms with Crippen LogP contribution < -0.4 is 15.4 Å². The lowest BCUT2D eigenvalue weighted by atomic mass is 10.2. The summed E-state index contributed by atoms with van der Waals surface area (Å²) < 4.78 is 10.4. The second-order valence-electron chi connectivity index (χ2n) is 4.18. The van der Waals surface area contributed by atoms with E-state index >= 15 is 0 Å². The van der Waals surface area contributed by atoms with Crippen LogP contribution in [0.3, 0.4) is 0 Å². The number of methoxy groups -OCH3 is 1. The lowest BCUT2D eigenvalue weighted by Gasteiger charge is -2.12. The first-order valence-corrected chi connectivity index (χ1v) is 6.01. The number of amides is 2. The maximum absolute atomic E-state index is 11.4. The minimum absolute atomic E-state index is 0.160. The highest BCUT2D eigenvalue weighted by Gasteiger charge is 2.30. The number of hydrogen-bond acceptors (Lipinski definition) is 5. The van der Waals surface area contributed by atoms with Crippen molar-refractivity contribution in [2.75, 3.05) is 25.6 Å². The van der Waals surface area contributed by atoms with Crippen LogP contribution in [0.15, 0.2) is 24.3 Å². The van der Waals surface area contributed by atoms with Gasteiger partial charge in [0.2, 0.25) is 11.8 Å². The molecule has 1 aromatic carbocycles. The fourth-order valence-electron chi connectivity index (χ4n) is 1.79. The van der Waals surface area contributed by atoms with Gasteiger partial charge in [0.25, 0.3) is 0 Å². The van der Waals surface area contributed by atoms with E-state index in [1.54, 1.807) is 13.2 Å². The van der Waals surface area contributed by atoms with Crippen molar-refractivity contribution in [2.45, 2.75) is 12.5 Å². The average Bonchev–Trinajstić information content (AvgIpc) is 2.69. The van der Waals surface area contributed by atoms with Crippen molar-refractivity contribution in [3.05, 3.63) is 24.3 Å². The fourth-order valence-corrected chi connectivity index (χ4v) is 1.79. The number of hydrogen-bond donors (Lipinski definition) is 2. The molecule has 1 aliphatic rings. The Kier molecular flexibility index (Phi) is 4.35. The summed E-state index contributed by atoms with van der Waals surface area (Å²) in [6, 6.07) is 6.73. The molecule has 102 valence electrons. The highest BCUT2D eigenvalue weighted by molar-refractivity contribution is 6.06. The number of anilines is 1. The van der Waals surface area contributed by atoms with Gasteiger partial charge < -0.3 is 14.8 Å². The molecule has 1 heterocycles. The SMILES string of the molecule is COCCOc1cccc(NC2CC(=O)NC2=O)c1. The Labute approximate surface area is 111 Å². The fraction of sp³-hybridized carbons (Fsp3) is 0.385. The molecule has 2 N–H and O–H groups in total. The third-order valence-electron chi connectivity index (χ3n) is 2.70. The summed E-state index contributed by atoms with van der Waals surface area (Å²) >= 11 is 0. The van der Waals surface area contributed by atoms with Crippen molar-refractivity contribution in [1.29, 1.82) is 0 Å². The zero-order valence-corrected chi connectivity index (χ0v) is 10.6. The molecule has 1 fully saturated rings. The van der Waals surface area contributed by atoms with Gasteiger partial charge in [-0.3, -0.25) is 14.9 Å². The van der Waals surface area contributed by atoms with Crippen LogP contribution >= 0.6 is 0 Å². The van der Waals surface area contributed by atoms with Crippen molar-refractivity contribution in [3.8, 4) is 5.75 Å². The summed E-state index contributed by atoms with van der Waals surface area (Å²) in [5.41, 5.74) is 0.741. The lowest BCUT2D eigenvalue weighted by Crippen LogP contribution is -2.29. The Morgan fingerprint density at radius 2 is 2.21 bits per heavy atom. The van der Waals surface area contributed by atoms with Crippen LogP contribution in [-0.2, 0) is 14.3 Å². The standard InChI is InChI=1S/C13H16N2O4/c1-18-5-6-19-10-4-2-3-9(7-10)14-11-8-12(16)15-13(11)17/h2-4,7,11,14H,5-6,8H2,1H3,(H,15,16,17). The van der Waals surface area contributed by atoms with E-state index in [-0.39, 0.29) is 18.2 Å². The van der Waals surface area contributed by atoms with Gasteiger partial charge in [-0.2, -0.15) is 0 Å². The van der Waals surface area contributed by atoms with Gasteiger partial charge in [0.05, 0.1) is 13.0 Å². The number of imide groups is 1. The first-order valence-electron chi connectivity index (χ1n) is 6.01. The molecular formula is C13H16N2O4. The Bertz CT molecular complexity index is 475. The normalized spacial score (nSPS) is 18.3. The van der Waals surface area contributed by atoms with Crippen LogP contribution in [-0.4, -0.2) is 38.2 Å². The maximum atomic E-state index is 11.4. The smallest absolute Gasteiger partial charge is 0.249 e. The highest BCUT2D eigenvalue weighted by Crippen LogP contribution is 2.19. The van der Waals surface area contributed by atoms with Gasteiger partial charge in [-0.25, -0.2) is 0 Å². The molecule has 1 aliphatic heterocycles. The zero-order chi connectivity index (χ0) is 13.7. The molecule has 0 aromatic heterocycles. The Hall–Kier alpha value is -2.08. The molecule has 0 spiro atoms. The topological polar surface area (TPSA) is 76.7 Å². The quantitative estimate of drug-likeness (QED) is 0.579. The van der Waals surface area contributed by atoms with Crippen LogP contribution in [0, 0.1) is 0 Å². The van der Waals surface area contributed by atoms with Crippen molar-refractivity contribution in [1.82, 2.24) is 5.32 Å². The summed E-state index contributed by atoms with van der Waals surface area (Å²) in [7, 11) is 1.61. The molecule has 1 unspecified atom stereocenters. The summed E-state index contributed by atoms with van der Waals surface area (Å²) in [4.78, 5) is 22.5. The van der Waals surface area contributed by atoms with E-state index in [0.717, 1.165) is 5.69 Å². The minimum atomic E-state index is -0.512. The molecule has 1 atom stereocenters. The number of nitrogens with one attached hydrogen (secondary N) is 2. The highest BCUT2D eigenvalue weighted by atomic mass is 16.5. The second-order valence-corrected chi connectivity index (χ2v) is 4.18. The van der Waals surface area contributed by atoms with Gasteiger partial charge in [-0.05, 0) is 12.1 Å². The van der Waals surface area contributed by atoms with Gasteiger partial charge in [-0.15, -0.1) is 0 Å². The van der Waals surface area contributed by atoms with Gasteiger partial charge in [-0.1, -0.05) is 6.07 Å². The third-order valence-corrected chi connectivity index (χ3v) is 2.70. The summed E-state index contributed by atoms with van der Waals surface area (Å²) in [6.45, 7) is 0.972. The number of rotatable bonds is 6. The molecule has 19 heavy (non-hydrogen) atoms. The number of benzene rings is 1. The van der Waals surface area contributed by atoms with Crippen LogP contribution in [0.25, 0.3) is 0 Å². The minimum Gasteiger partial charge on any atom is -0.491 e. The predicted octanol–water partition coefficient (Wildman–Crippen LogP) is 0.539. The molecule has 6 heteroatoms. The maximum Gasteiger partial charge on any atom is 0.249 e. The van der Waals surface area contributed by atoms with Gasteiger partial charge in [0.15, 0.2) is 0 Å². The molecule has 0 radical (unpaired) electrons. The Morgan fingerprint density at radius 1 is 1.37 bits per heavy atom. The zero-order valence-electron chi connectivity index (χ0n) is 10.6. The van der Waals surface area contributed by atoms with Crippen molar-refractivity contribution in [3.63, 3.8) is 0 Å². The van der Waals surface area contributed by atoms with E-state index < -0.39 is 6.04 Å². The van der Waals surface area contributed by atoms with E-state index in [1.807, 2.05) is 18.2 Å². The van der Waals surface area contributed by atoms with Gasteiger partial charge in [0, 0.05) is 18.9 Å². The summed E-state index contributed by atoms with van der Waals surface area (Å²) in [6.07, 6.45) is 0.160. The largest absolute Gasteiger partial charge is 0.491 e. The predicted molar refractivity (Wildman–Crippen MR) is 69.0 cm³/mol. The third kappa shape index (κ3) is 3.69. The van der Waals surface area contributed by atoms with Crippen LogP contribution in [0.5, 0.6) is 5.75 Å². The van der Waals surface area contributed by atoms with Crippen molar-refractivity contribution in [2.24, 2.45) is 0 Å². The second kappa shape index (κ2) is 6.19. The van der Waals surface area contributed by atoms with Crippen LogP contribution in [0.1, 0.15) is 6.42 Å². The molecule has 6 nitrogen and oxygen atoms in total. The number of carbonyl (C=O) groups is 2. The number of ether oxygens (including phenoxy) is 2. The molecule has 2 amide bonds. The summed E-state index contributed by atoms with van der Waals surface area (Å²) in [5.74, 6) is 0.137. The first-order chi connectivity index (χ1) is 9.19. The van der Waals surface area contributed by atoms with E-state index in [2.05, 4.69) is 10.6 Å². The van der Waals surface area contributed by atoms with Crippen LogP contribution in [0.4, 0.5) is 5.69 Å². The van der Waals surface area contributed by atoms with Crippen LogP contribution in [0.2, 0.25) is 0 Å². The summed E-state index contributed by atoms with van der Waals surface area (Å²) in [5, 5.41) is 5.26. The van der Waals surface area contributed by atoms with Crippen molar-refractivity contribution < 1.29 is 19.1 Å². The number of carbonyl (C=O) groups excluding carboxylic acids is 2. The van der Waals surface area contributed by atoms with E-state index in [0.29, 0.717) is 19.0 Å². The lowest BCUT2D eigenvalue weighted by molar-refractivity contribution is -0.124. The average molecular weight is 264 g/mol. The molecule has 1 aromatic rings. The molecular weight excluding hydrogens is 248 g/mol. The molecule has 0 saturated carbocycles. The molecule has 1 saturated heterocycles. The van der Waals surface area contributed by atoms with E-state index in [4.69, 9.17) is 9.47 Å². The first kappa shape index (κ1) is 13.4. The van der Waals surface area contributed by atoms with Crippen molar-refractivity contribution >= 4 is 17.5 Å². The van der Waals surface area contributed by atoms with E-state index in [9.17, 15) is 9.59 Å². The molecule has 2 rings (SSSR count). The molecule has 0 bridgehead atoms. The Balaban J connectivity index is 1.95. The Morgan fingerprint density at radius 3 is 2.89 bits per heavy atom. The van der Waals surface area contributed by atoms with E-state index in [1.165, 1.54) is 0 Å².